The summed E-state index contributed by atoms with van der Waals surface area (Å²) in [5, 5.41) is 2.77. The molecule has 1 heterocycles. The first-order valence-corrected chi connectivity index (χ1v) is 9.96. The van der Waals surface area contributed by atoms with Gasteiger partial charge in [0, 0.05) is 24.6 Å². The van der Waals surface area contributed by atoms with E-state index in [1.165, 1.54) is 15.6 Å². The third kappa shape index (κ3) is 5.10. The van der Waals surface area contributed by atoms with Crippen LogP contribution in [0.3, 0.4) is 0 Å². The lowest BCUT2D eigenvalue weighted by Gasteiger charge is -2.15. The molecule has 0 spiro atoms. The van der Waals surface area contributed by atoms with Crippen LogP contribution < -0.4 is 5.32 Å². The van der Waals surface area contributed by atoms with Crippen LogP contribution in [0.25, 0.3) is 0 Å². The van der Waals surface area contributed by atoms with E-state index < -0.39 is 10.0 Å². The highest BCUT2D eigenvalue weighted by atomic mass is 79.9. The Kier molecular flexibility index (Phi) is 7.13. The van der Waals surface area contributed by atoms with E-state index in [1.807, 2.05) is 0 Å². The molecule has 20 heavy (non-hydrogen) atoms. The van der Waals surface area contributed by atoms with Gasteiger partial charge in [0.05, 0.1) is 14.4 Å². The summed E-state index contributed by atoms with van der Waals surface area (Å²) in [6.45, 7) is 2.45. The molecule has 0 fully saturated rings. The van der Waals surface area contributed by atoms with E-state index in [0.717, 1.165) is 8.26 Å². The summed E-state index contributed by atoms with van der Waals surface area (Å²) in [6.07, 6.45) is 0.579. The fourth-order valence-corrected chi connectivity index (χ4v) is 4.21. The lowest BCUT2D eigenvalue weighted by atomic mass is 10.4. The largest absolute Gasteiger partial charge is 0.351 e. The van der Waals surface area contributed by atoms with E-state index in [0.29, 0.717) is 24.4 Å². The minimum absolute atomic E-state index is 0.0904. The molecule has 114 valence electrons. The zero-order chi connectivity index (χ0) is 15.3. The van der Waals surface area contributed by atoms with Gasteiger partial charge < -0.3 is 5.32 Å². The zero-order valence-corrected chi connectivity index (χ0v) is 16.0. The standard InChI is InChI=1S/C11H16Br2N2O3S2/c1-3-20(17,18)15(2)6-4-5-14-11(16)9-7-8(12)10(13)19-9/h7H,3-6H2,1-2H3,(H,14,16). The van der Waals surface area contributed by atoms with Gasteiger partial charge in [0.1, 0.15) is 0 Å². The van der Waals surface area contributed by atoms with Gasteiger partial charge in [-0.15, -0.1) is 11.3 Å². The second-order valence-corrected chi connectivity index (χ2v) is 9.65. The molecule has 0 aliphatic rings. The molecule has 9 heteroatoms. The summed E-state index contributed by atoms with van der Waals surface area (Å²) in [4.78, 5) is 12.4. The molecule has 0 bridgehead atoms. The summed E-state index contributed by atoms with van der Waals surface area (Å²) in [5.74, 6) is -0.0602. The third-order valence-corrected chi connectivity index (χ3v) is 7.76. The van der Waals surface area contributed by atoms with E-state index in [-0.39, 0.29) is 11.7 Å². The van der Waals surface area contributed by atoms with Gasteiger partial charge in [-0.05, 0) is 51.3 Å². The topological polar surface area (TPSA) is 66.5 Å². The number of thiophene rings is 1. The van der Waals surface area contributed by atoms with Crippen molar-refractivity contribution in [1.29, 1.82) is 0 Å². The molecule has 0 saturated carbocycles. The molecule has 0 aliphatic carbocycles. The van der Waals surface area contributed by atoms with Crippen LogP contribution in [0, 0.1) is 0 Å². The number of halogens is 2. The number of amides is 1. The van der Waals surface area contributed by atoms with Crippen LogP contribution in [-0.4, -0.2) is 44.5 Å². The van der Waals surface area contributed by atoms with Crippen LogP contribution in [-0.2, 0) is 10.0 Å². The van der Waals surface area contributed by atoms with Gasteiger partial charge >= 0.3 is 0 Å². The van der Waals surface area contributed by atoms with Crippen molar-refractivity contribution in [1.82, 2.24) is 9.62 Å². The lowest BCUT2D eigenvalue weighted by Crippen LogP contribution is -2.32. The average Bonchev–Trinajstić information content (AvgIpc) is 2.74. The first-order valence-electron chi connectivity index (χ1n) is 5.95. The van der Waals surface area contributed by atoms with Gasteiger partial charge in [-0.25, -0.2) is 12.7 Å². The molecule has 1 aromatic heterocycles. The molecule has 1 rings (SSSR count). The van der Waals surface area contributed by atoms with Crippen molar-refractivity contribution in [3.8, 4) is 0 Å². The minimum Gasteiger partial charge on any atom is -0.351 e. The minimum atomic E-state index is -3.14. The van der Waals surface area contributed by atoms with Crippen LogP contribution in [0.15, 0.2) is 14.3 Å². The number of nitrogens with one attached hydrogen (secondary N) is 1. The van der Waals surface area contributed by atoms with E-state index in [9.17, 15) is 13.2 Å². The molecular formula is C11H16Br2N2O3S2. The molecule has 1 N–H and O–H groups in total. The summed E-state index contributed by atoms with van der Waals surface area (Å²) in [6, 6.07) is 1.75. The Hall–Kier alpha value is 0.0400. The molecule has 0 atom stereocenters. The smallest absolute Gasteiger partial charge is 0.261 e. The van der Waals surface area contributed by atoms with Crippen LogP contribution in [0.2, 0.25) is 0 Å². The quantitative estimate of drug-likeness (QED) is 0.653. The van der Waals surface area contributed by atoms with Gasteiger partial charge in [-0.3, -0.25) is 4.79 Å². The Morgan fingerprint density at radius 3 is 2.60 bits per heavy atom. The fourth-order valence-electron chi connectivity index (χ4n) is 1.41. The van der Waals surface area contributed by atoms with Crippen molar-refractivity contribution in [3.05, 3.63) is 19.2 Å². The van der Waals surface area contributed by atoms with Crippen molar-refractivity contribution < 1.29 is 13.2 Å². The van der Waals surface area contributed by atoms with Crippen molar-refractivity contribution >= 4 is 59.1 Å². The maximum Gasteiger partial charge on any atom is 0.261 e. The number of nitrogens with zero attached hydrogens (tertiary/aromatic N) is 1. The van der Waals surface area contributed by atoms with Crippen molar-refractivity contribution in [2.45, 2.75) is 13.3 Å². The van der Waals surface area contributed by atoms with E-state index in [2.05, 4.69) is 37.2 Å². The highest BCUT2D eigenvalue weighted by molar-refractivity contribution is 9.13. The molecular weight excluding hydrogens is 432 g/mol. The highest BCUT2D eigenvalue weighted by Gasteiger charge is 2.15. The SMILES string of the molecule is CCS(=O)(=O)N(C)CCCNC(=O)c1cc(Br)c(Br)s1. The summed E-state index contributed by atoms with van der Waals surface area (Å²) < 4.78 is 26.1. The van der Waals surface area contributed by atoms with Gasteiger partial charge in [-0.2, -0.15) is 0 Å². The molecule has 0 aliphatic heterocycles. The second kappa shape index (κ2) is 7.88. The maximum absolute atomic E-state index is 11.8. The van der Waals surface area contributed by atoms with Crippen molar-refractivity contribution in [3.63, 3.8) is 0 Å². The maximum atomic E-state index is 11.8. The summed E-state index contributed by atoms with van der Waals surface area (Å²) >= 11 is 8.00. The van der Waals surface area contributed by atoms with Gasteiger partial charge in [0.25, 0.3) is 5.91 Å². The number of hydrogen-bond acceptors (Lipinski definition) is 4. The van der Waals surface area contributed by atoms with Crippen LogP contribution in [0.5, 0.6) is 0 Å². The Bertz CT molecular complexity index is 553. The summed E-state index contributed by atoms with van der Waals surface area (Å²) in [5.41, 5.74) is 0. The Labute approximate surface area is 140 Å². The zero-order valence-electron chi connectivity index (χ0n) is 11.2. The predicted molar refractivity (Wildman–Crippen MR) is 88.8 cm³/mol. The Morgan fingerprint density at radius 1 is 1.45 bits per heavy atom. The highest BCUT2D eigenvalue weighted by Crippen LogP contribution is 2.32. The average molecular weight is 448 g/mol. The lowest BCUT2D eigenvalue weighted by molar-refractivity contribution is 0.0957. The first-order chi connectivity index (χ1) is 9.27. The second-order valence-electron chi connectivity index (χ2n) is 4.06. The third-order valence-electron chi connectivity index (χ3n) is 2.64. The Morgan fingerprint density at radius 2 is 2.10 bits per heavy atom. The number of rotatable bonds is 7. The molecule has 0 aromatic carbocycles. The van der Waals surface area contributed by atoms with Crippen LogP contribution in [0.4, 0.5) is 0 Å². The monoisotopic (exact) mass is 446 g/mol. The Balaban J connectivity index is 2.36. The normalized spacial score (nSPS) is 11.8. The van der Waals surface area contributed by atoms with E-state index in [4.69, 9.17) is 0 Å². The van der Waals surface area contributed by atoms with E-state index in [1.54, 1.807) is 20.0 Å². The number of hydrogen-bond donors (Lipinski definition) is 1. The predicted octanol–water partition coefficient (Wildman–Crippen LogP) is 2.67. The van der Waals surface area contributed by atoms with Gasteiger partial charge in [0.15, 0.2) is 0 Å². The number of carbonyl (C=O) groups excluding carboxylic acids is 1. The number of carbonyl (C=O) groups is 1. The number of sulfonamides is 1. The van der Waals surface area contributed by atoms with Gasteiger partial charge in [0.2, 0.25) is 10.0 Å². The van der Waals surface area contributed by atoms with Gasteiger partial charge in [-0.1, -0.05) is 0 Å². The summed E-state index contributed by atoms with van der Waals surface area (Å²) in [7, 11) is -1.59. The fraction of sp³-hybridized carbons (Fsp3) is 0.545. The van der Waals surface area contributed by atoms with Crippen LogP contribution >= 0.6 is 43.2 Å². The first kappa shape index (κ1) is 18.1. The molecule has 0 saturated heterocycles. The molecule has 1 amide bonds. The molecule has 5 nitrogen and oxygen atoms in total. The molecule has 0 radical (unpaired) electrons. The van der Waals surface area contributed by atoms with Crippen LogP contribution in [0.1, 0.15) is 23.0 Å². The van der Waals surface area contributed by atoms with Crippen molar-refractivity contribution in [2.75, 3.05) is 25.9 Å². The molecule has 0 unspecified atom stereocenters. The van der Waals surface area contributed by atoms with Crippen molar-refractivity contribution in [2.24, 2.45) is 0 Å². The van der Waals surface area contributed by atoms with E-state index >= 15 is 0 Å². The molecule has 1 aromatic rings.